The second-order valence-electron chi connectivity index (χ2n) is 3.92. The van der Waals surface area contributed by atoms with Crippen LogP contribution in [0, 0.1) is 17.0 Å². The Labute approximate surface area is 111 Å². The summed E-state index contributed by atoms with van der Waals surface area (Å²) in [7, 11) is 0. The fourth-order valence-corrected chi connectivity index (χ4v) is 1.58. The van der Waals surface area contributed by atoms with Gasteiger partial charge in [0.05, 0.1) is 11.5 Å². The zero-order valence-corrected chi connectivity index (χ0v) is 11.0. The molecule has 0 radical (unpaired) electrons. The van der Waals surface area contributed by atoms with Gasteiger partial charge in [0.1, 0.15) is 0 Å². The van der Waals surface area contributed by atoms with Crippen LogP contribution in [-0.2, 0) is 9.53 Å². The number of ether oxygens (including phenoxy) is 1. The molecular weight excluding hydrogens is 250 g/mol. The Bertz CT molecular complexity index is 462. The highest BCUT2D eigenvalue weighted by Gasteiger charge is 2.17. The van der Waals surface area contributed by atoms with Crippen LogP contribution in [0.3, 0.4) is 0 Å². The molecule has 0 amide bonds. The maximum Gasteiger partial charge on any atom is 0.314 e. The van der Waals surface area contributed by atoms with Crippen LogP contribution >= 0.6 is 0 Å². The van der Waals surface area contributed by atoms with Crippen molar-refractivity contribution in [2.24, 2.45) is 0 Å². The van der Waals surface area contributed by atoms with Gasteiger partial charge in [-0.15, -0.1) is 0 Å². The summed E-state index contributed by atoms with van der Waals surface area (Å²) >= 11 is 0. The van der Waals surface area contributed by atoms with Crippen LogP contribution in [0.15, 0.2) is 12.3 Å². The third-order valence-electron chi connectivity index (χ3n) is 2.46. The molecule has 1 N–H and O–H groups in total. The van der Waals surface area contributed by atoms with Gasteiger partial charge in [-0.05, 0) is 26.3 Å². The van der Waals surface area contributed by atoms with E-state index in [0.29, 0.717) is 25.1 Å². The summed E-state index contributed by atoms with van der Waals surface area (Å²) in [6, 6.07) is 1.59. The number of hydrogen-bond donors (Lipinski definition) is 1. The second-order valence-corrected chi connectivity index (χ2v) is 3.92. The molecule has 0 unspecified atom stereocenters. The molecule has 0 fully saturated rings. The van der Waals surface area contributed by atoms with Gasteiger partial charge in [0.25, 0.3) is 0 Å². The number of nitro groups is 1. The molecular formula is C12H17N3O4. The van der Waals surface area contributed by atoms with Crippen molar-refractivity contribution >= 4 is 17.5 Å². The van der Waals surface area contributed by atoms with E-state index in [0.717, 1.165) is 0 Å². The number of aryl methyl sites for hydroxylation is 1. The number of aromatic nitrogens is 1. The van der Waals surface area contributed by atoms with E-state index in [2.05, 4.69) is 10.3 Å². The third kappa shape index (κ3) is 4.53. The fraction of sp³-hybridized carbons (Fsp3) is 0.500. The number of hydrogen-bond acceptors (Lipinski definition) is 6. The first-order chi connectivity index (χ1) is 9.06. The number of rotatable bonds is 7. The van der Waals surface area contributed by atoms with E-state index in [1.807, 2.05) is 0 Å². The average molecular weight is 267 g/mol. The molecule has 7 heteroatoms. The number of carbonyl (C=O) groups excluding carboxylic acids is 1. The molecule has 7 nitrogen and oxygen atoms in total. The van der Waals surface area contributed by atoms with Crippen molar-refractivity contribution in [1.29, 1.82) is 0 Å². The molecule has 0 atom stereocenters. The van der Waals surface area contributed by atoms with Crippen molar-refractivity contribution in [3.63, 3.8) is 0 Å². The average Bonchev–Trinajstić information content (AvgIpc) is 2.34. The van der Waals surface area contributed by atoms with Gasteiger partial charge in [0, 0.05) is 24.7 Å². The highest BCUT2D eigenvalue weighted by molar-refractivity contribution is 5.69. The largest absolute Gasteiger partial charge is 0.466 e. The van der Waals surface area contributed by atoms with Crippen molar-refractivity contribution < 1.29 is 14.5 Å². The van der Waals surface area contributed by atoms with Crippen molar-refractivity contribution in [3.05, 3.63) is 27.9 Å². The predicted octanol–water partition coefficient (Wildman–Crippen LogP) is 2.05. The molecule has 1 aromatic heterocycles. The van der Waals surface area contributed by atoms with Crippen molar-refractivity contribution in [2.45, 2.75) is 26.7 Å². The molecule has 0 aromatic carbocycles. The highest BCUT2D eigenvalue weighted by Crippen LogP contribution is 2.25. The molecule has 104 valence electrons. The summed E-state index contributed by atoms with van der Waals surface area (Å²) < 4.78 is 4.78. The zero-order valence-electron chi connectivity index (χ0n) is 11.0. The predicted molar refractivity (Wildman–Crippen MR) is 70.0 cm³/mol. The molecule has 0 saturated carbocycles. The van der Waals surface area contributed by atoms with Crippen LogP contribution < -0.4 is 5.32 Å². The monoisotopic (exact) mass is 267 g/mol. The Kier molecular flexibility index (Phi) is 5.72. The van der Waals surface area contributed by atoms with Crippen molar-refractivity contribution in [1.82, 2.24) is 4.98 Å². The van der Waals surface area contributed by atoms with E-state index in [4.69, 9.17) is 4.74 Å². The van der Waals surface area contributed by atoms with E-state index in [-0.39, 0.29) is 23.9 Å². The Morgan fingerprint density at radius 1 is 1.58 bits per heavy atom. The summed E-state index contributed by atoms with van der Waals surface area (Å²) in [6.45, 7) is 4.19. The zero-order chi connectivity index (χ0) is 14.3. The molecule has 0 aliphatic rings. The summed E-state index contributed by atoms with van der Waals surface area (Å²) in [4.78, 5) is 25.5. The third-order valence-corrected chi connectivity index (χ3v) is 2.46. The van der Waals surface area contributed by atoms with Gasteiger partial charge in [0.2, 0.25) is 5.82 Å². The van der Waals surface area contributed by atoms with Crippen LogP contribution in [0.5, 0.6) is 0 Å². The minimum absolute atomic E-state index is 0.0290. The van der Waals surface area contributed by atoms with Gasteiger partial charge in [-0.25, -0.2) is 4.98 Å². The number of esters is 1. The van der Waals surface area contributed by atoms with E-state index in [1.165, 1.54) is 6.20 Å². The Morgan fingerprint density at radius 2 is 2.32 bits per heavy atom. The lowest BCUT2D eigenvalue weighted by Crippen LogP contribution is -2.10. The second kappa shape index (κ2) is 7.30. The number of pyridine rings is 1. The topological polar surface area (TPSA) is 94.4 Å². The van der Waals surface area contributed by atoms with Crippen molar-refractivity contribution in [3.8, 4) is 0 Å². The lowest BCUT2D eigenvalue weighted by atomic mass is 10.2. The maximum absolute atomic E-state index is 11.1. The number of anilines is 1. The fourth-order valence-electron chi connectivity index (χ4n) is 1.58. The summed E-state index contributed by atoms with van der Waals surface area (Å²) in [5.41, 5.74) is 0.520. The normalized spacial score (nSPS) is 10.0. The minimum atomic E-state index is -0.462. The first-order valence-electron chi connectivity index (χ1n) is 6.05. The number of nitrogens with one attached hydrogen (secondary N) is 1. The standard InChI is InChI=1S/C12H17N3O4/c1-3-19-10(16)5-4-7-13-12-11(15(17)18)9(2)6-8-14-12/h6,8H,3-5,7H2,1-2H3,(H,13,14). The SMILES string of the molecule is CCOC(=O)CCCNc1nccc(C)c1[N+](=O)[O-]. The molecule has 19 heavy (non-hydrogen) atoms. The quantitative estimate of drug-likeness (QED) is 0.351. The lowest BCUT2D eigenvalue weighted by molar-refractivity contribution is -0.384. The highest BCUT2D eigenvalue weighted by atomic mass is 16.6. The first kappa shape index (κ1) is 14.9. The Balaban J connectivity index is 2.52. The smallest absolute Gasteiger partial charge is 0.314 e. The van der Waals surface area contributed by atoms with E-state index in [9.17, 15) is 14.9 Å². The maximum atomic E-state index is 11.1. The van der Waals surface area contributed by atoms with Gasteiger partial charge in [-0.1, -0.05) is 0 Å². The van der Waals surface area contributed by atoms with Crippen LogP contribution in [0.25, 0.3) is 0 Å². The molecule has 0 bridgehead atoms. The Hall–Kier alpha value is -2.18. The van der Waals surface area contributed by atoms with Gasteiger partial charge in [0.15, 0.2) is 0 Å². The number of nitrogens with zero attached hydrogens (tertiary/aromatic N) is 2. The van der Waals surface area contributed by atoms with E-state index in [1.54, 1.807) is 19.9 Å². The van der Waals surface area contributed by atoms with E-state index >= 15 is 0 Å². The van der Waals surface area contributed by atoms with E-state index < -0.39 is 4.92 Å². The Morgan fingerprint density at radius 3 is 2.95 bits per heavy atom. The number of carbonyl (C=O) groups is 1. The molecule has 1 aromatic rings. The molecule has 1 heterocycles. The van der Waals surface area contributed by atoms with Crippen molar-refractivity contribution in [2.75, 3.05) is 18.5 Å². The minimum Gasteiger partial charge on any atom is -0.466 e. The summed E-state index contributed by atoms with van der Waals surface area (Å²) in [5, 5.41) is 13.8. The first-order valence-corrected chi connectivity index (χ1v) is 6.05. The van der Waals surface area contributed by atoms with Crippen LogP contribution in [-0.4, -0.2) is 29.0 Å². The van der Waals surface area contributed by atoms with Crippen LogP contribution in [0.2, 0.25) is 0 Å². The summed E-state index contributed by atoms with van der Waals surface area (Å²) in [6.07, 6.45) is 2.32. The van der Waals surface area contributed by atoms with Gasteiger partial charge in [-0.2, -0.15) is 0 Å². The molecule has 0 aliphatic heterocycles. The lowest BCUT2D eigenvalue weighted by Gasteiger charge is -2.07. The molecule has 0 saturated heterocycles. The van der Waals surface area contributed by atoms with Gasteiger partial charge < -0.3 is 10.1 Å². The van der Waals surface area contributed by atoms with Gasteiger partial charge in [-0.3, -0.25) is 14.9 Å². The molecule has 0 spiro atoms. The molecule has 0 aliphatic carbocycles. The van der Waals surface area contributed by atoms with Crippen LogP contribution in [0.4, 0.5) is 11.5 Å². The van der Waals surface area contributed by atoms with Crippen LogP contribution in [0.1, 0.15) is 25.3 Å². The molecule has 1 rings (SSSR count). The summed E-state index contributed by atoms with van der Waals surface area (Å²) in [5.74, 6) is -0.0372. The van der Waals surface area contributed by atoms with Gasteiger partial charge >= 0.3 is 11.7 Å².